The van der Waals surface area contributed by atoms with Crippen LogP contribution in [0.1, 0.15) is 46.0 Å². The lowest BCUT2D eigenvalue weighted by Crippen LogP contribution is -2.36. The number of nitrogens with zero attached hydrogens (tertiary/aromatic N) is 4. The molecule has 0 atom stereocenters. The number of rotatable bonds is 5. The molecule has 2 heterocycles. The van der Waals surface area contributed by atoms with Crippen molar-refractivity contribution < 1.29 is 0 Å². The van der Waals surface area contributed by atoms with Gasteiger partial charge in [0.15, 0.2) is 0 Å². The number of anilines is 3. The van der Waals surface area contributed by atoms with Gasteiger partial charge in [-0.15, -0.1) is 0 Å². The van der Waals surface area contributed by atoms with Gasteiger partial charge in [-0.25, -0.2) is 5.84 Å². The Labute approximate surface area is 125 Å². The molecule has 0 unspecified atom stereocenters. The smallest absolute Gasteiger partial charge is 0.243 e. The van der Waals surface area contributed by atoms with Gasteiger partial charge in [0.25, 0.3) is 0 Å². The van der Waals surface area contributed by atoms with Gasteiger partial charge in [-0.2, -0.15) is 15.0 Å². The Kier molecular flexibility index (Phi) is 3.84. The van der Waals surface area contributed by atoms with Gasteiger partial charge in [-0.3, -0.25) is 5.43 Å². The van der Waals surface area contributed by atoms with E-state index >= 15 is 0 Å². The molecular weight excluding hydrogens is 266 g/mol. The summed E-state index contributed by atoms with van der Waals surface area (Å²) in [5, 5.41) is 3.45. The third-order valence-electron chi connectivity index (χ3n) is 4.42. The lowest BCUT2D eigenvalue weighted by atomic mass is 9.99. The molecule has 1 aliphatic carbocycles. The van der Waals surface area contributed by atoms with Crippen molar-refractivity contribution in [3.05, 3.63) is 0 Å². The van der Waals surface area contributed by atoms with Gasteiger partial charge in [0.2, 0.25) is 17.8 Å². The molecule has 1 saturated heterocycles. The first kappa shape index (κ1) is 14.3. The van der Waals surface area contributed by atoms with E-state index in [0.717, 1.165) is 13.1 Å². The maximum Gasteiger partial charge on any atom is 0.243 e. The maximum absolute atomic E-state index is 5.50. The number of piperidine rings is 1. The predicted molar refractivity (Wildman–Crippen MR) is 84.1 cm³/mol. The van der Waals surface area contributed by atoms with E-state index in [-0.39, 0.29) is 5.54 Å². The van der Waals surface area contributed by atoms with Crippen LogP contribution in [0.2, 0.25) is 0 Å². The van der Waals surface area contributed by atoms with Crippen molar-refractivity contribution in [1.82, 2.24) is 15.0 Å². The van der Waals surface area contributed by atoms with Crippen LogP contribution in [0.5, 0.6) is 0 Å². The molecule has 1 saturated carbocycles. The molecule has 2 aliphatic rings. The van der Waals surface area contributed by atoms with Crippen molar-refractivity contribution in [3.63, 3.8) is 0 Å². The van der Waals surface area contributed by atoms with Crippen LogP contribution in [0.15, 0.2) is 0 Å². The quantitative estimate of drug-likeness (QED) is 0.562. The maximum atomic E-state index is 5.50. The zero-order valence-corrected chi connectivity index (χ0v) is 12.9. The first-order chi connectivity index (χ1) is 10.1. The van der Waals surface area contributed by atoms with Crippen molar-refractivity contribution in [2.45, 2.75) is 51.5 Å². The van der Waals surface area contributed by atoms with Crippen molar-refractivity contribution in [3.8, 4) is 0 Å². The summed E-state index contributed by atoms with van der Waals surface area (Å²) in [6, 6.07) is 0. The minimum atomic E-state index is 0.00634. The summed E-state index contributed by atoms with van der Waals surface area (Å²) in [5.41, 5.74) is 2.55. The van der Waals surface area contributed by atoms with Gasteiger partial charge < -0.3 is 10.2 Å². The Hall–Kier alpha value is -1.63. The van der Waals surface area contributed by atoms with E-state index in [4.69, 9.17) is 5.84 Å². The summed E-state index contributed by atoms with van der Waals surface area (Å²) >= 11 is 0. The van der Waals surface area contributed by atoms with Gasteiger partial charge >= 0.3 is 0 Å². The molecule has 116 valence electrons. The summed E-state index contributed by atoms with van der Waals surface area (Å²) in [6.07, 6.45) is 6.20. The highest BCUT2D eigenvalue weighted by atomic mass is 15.4. The van der Waals surface area contributed by atoms with Crippen LogP contribution in [-0.4, -0.2) is 33.6 Å². The number of aromatic nitrogens is 3. The second-order valence-corrected chi connectivity index (χ2v) is 6.60. The van der Waals surface area contributed by atoms with Crippen molar-refractivity contribution >= 4 is 17.8 Å². The number of nitrogen functional groups attached to an aromatic ring is 1. The highest BCUT2D eigenvalue weighted by Crippen LogP contribution is 2.40. The first-order valence-corrected chi connectivity index (χ1v) is 7.84. The summed E-state index contributed by atoms with van der Waals surface area (Å²) in [7, 11) is 0. The molecule has 0 aromatic carbocycles. The zero-order valence-electron chi connectivity index (χ0n) is 12.9. The molecule has 7 nitrogen and oxygen atoms in total. The molecule has 1 aliphatic heterocycles. The molecule has 0 bridgehead atoms. The van der Waals surface area contributed by atoms with Crippen molar-refractivity contribution in [2.75, 3.05) is 28.7 Å². The lowest BCUT2D eigenvalue weighted by molar-refractivity contribution is 0.489. The Balaban J connectivity index is 1.82. The van der Waals surface area contributed by atoms with Gasteiger partial charge in [0, 0.05) is 18.6 Å². The highest BCUT2D eigenvalue weighted by Gasteiger charge is 2.38. The molecule has 1 aromatic rings. The minimum Gasteiger partial charge on any atom is -0.349 e. The van der Waals surface area contributed by atoms with Crippen LogP contribution in [-0.2, 0) is 0 Å². The van der Waals surface area contributed by atoms with Crippen LogP contribution in [0.3, 0.4) is 0 Å². The van der Waals surface area contributed by atoms with Crippen LogP contribution in [0.4, 0.5) is 17.8 Å². The number of nitrogens with one attached hydrogen (secondary N) is 2. The van der Waals surface area contributed by atoms with Crippen molar-refractivity contribution in [1.29, 1.82) is 0 Å². The Bertz CT molecular complexity index is 492. The standard InChI is InChI=1S/C14H25N7/c1-14(2,10-6-7-10)19-11-16-12(20-15)18-13(17-11)21-8-4-3-5-9-21/h10H,3-9,15H2,1-2H3,(H2,16,17,18,19,20). The third kappa shape index (κ3) is 3.34. The molecule has 0 amide bonds. The highest BCUT2D eigenvalue weighted by molar-refractivity contribution is 5.44. The number of nitrogens with two attached hydrogens (primary N) is 1. The van der Waals surface area contributed by atoms with Gasteiger partial charge in [0.1, 0.15) is 0 Å². The molecule has 2 fully saturated rings. The summed E-state index contributed by atoms with van der Waals surface area (Å²) < 4.78 is 0. The SMILES string of the molecule is CC(C)(Nc1nc(NN)nc(N2CCCCC2)n1)C1CC1. The van der Waals surface area contributed by atoms with Crippen LogP contribution in [0.25, 0.3) is 0 Å². The second-order valence-electron chi connectivity index (χ2n) is 6.60. The number of hydrazine groups is 1. The average molecular weight is 291 g/mol. The normalized spacial score (nSPS) is 19.5. The van der Waals surface area contributed by atoms with E-state index in [1.165, 1.54) is 32.1 Å². The largest absolute Gasteiger partial charge is 0.349 e. The van der Waals surface area contributed by atoms with Crippen LogP contribution in [0, 0.1) is 5.92 Å². The Morgan fingerprint density at radius 1 is 1.05 bits per heavy atom. The number of hydrogen-bond donors (Lipinski definition) is 3. The summed E-state index contributed by atoms with van der Waals surface area (Å²) in [5.74, 6) is 7.94. The third-order valence-corrected chi connectivity index (χ3v) is 4.42. The first-order valence-electron chi connectivity index (χ1n) is 7.84. The van der Waals surface area contributed by atoms with Crippen LogP contribution < -0.4 is 21.5 Å². The molecule has 7 heteroatoms. The molecule has 0 radical (unpaired) electrons. The van der Waals surface area contributed by atoms with E-state index in [0.29, 0.717) is 23.8 Å². The minimum absolute atomic E-state index is 0.00634. The molecule has 0 spiro atoms. The number of hydrogen-bond acceptors (Lipinski definition) is 7. The van der Waals surface area contributed by atoms with E-state index in [1.807, 2.05) is 0 Å². The Morgan fingerprint density at radius 2 is 1.71 bits per heavy atom. The molecule has 4 N–H and O–H groups in total. The predicted octanol–water partition coefficient (Wildman–Crippen LogP) is 1.75. The van der Waals surface area contributed by atoms with E-state index in [9.17, 15) is 0 Å². The molecule has 21 heavy (non-hydrogen) atoms. The summed E-state index contributed by atoms with van der Waals surface area (Å²) in [6.45, 7) is 6.40. The van der Waals surface area contributed by atoms with E-state index in [1.54, 1.807) is 0 Å². The molecule has 1 aromatic heterocycles. The molecule has 3 rings (SSSR count). The van der Waals surface area contributed by atoms with E-state index in [2.05, 4.69) is 44.4 Å². The Morgan fingerprint density at radius 3 is 2.33 bits per heavy atom. The van der Waals surface area contributed by atoms with Gasteiger partial charge in [-0.1, -0.05) is 0 Å². The fourth-order valence-electron chi connectivity index (χ4n) is 2.92. The topological polar surface area (TPSA) is 92.0 Å². The summed E-state index contributed by atoms with van der Waals surface area (Å²) in [4.78, 5) is 15.5. The van der Waals surface area contributed by atoms with E-state index < -0.39 is 0 Å². The molecular formula is C14H25N7. The average Bonchev–Trinajstić information content (AvgIpc) is 3.32. The lowest BCUT2D eigenvalue weighted by Gasteiger charge is -2.29. The van der Waals surface area contributed by atoms with Gasteiger partial charge in [-0.05, 0) is 51.9 Å². The fourth-order valence-corrected chi connectivity index (χ4v) is 2.92. The monoisotopic (exact) mass is 291 g/mol. The zero-order chi connectivity index (χ0) is 14.9. The fraction of sp³-hybridized carbons (Fsp3) is 0.786. The van der Waals surface area contributed by atoms with Crippen molar-refractivity contribution in [2.24, 2.45) is 11.8 Å². The van der Waals surface area contributed by atoms with Crippen LogP contribution >= 0.6 is 0 Å². The second kappa shape index (κ2) is 5.63. The van der Waals surface area contributed by atoms with Gasteiger partial charge in [0.05, 0.1) is 0 Å².